The topological polar surface area (TPSA) is 109 Å². The maximum Gasteiger partial charge on any atom is 0.329 e. The summed E-state index contributed by atoms with van der Waals surface area (Å²) < 4.78 is 14.1. The Balaban J connectivity index is 0.00000312. The van der Waals surface area contributed by atoms with Crippen LogP contribution in [0.25, 0.3) is 0 Å². The lowest BCUT2D eigenvalue weighted by Crippen LogP contribution is -2.39. The molecule has 0 bridgehead atoms. The first-order chi connectivity index (χ1) is 11.5. The lowest BCUT2D eigenvalue weighted by Gasteiger charge is -2.07. The number of urea groups is 1. The molecule has 0 aliphatic carbocycles. The second-order valence-corrected chi connectivity index (χ2v) is 5.94. The maximum absolute atomic E-state index is 14.1. The van der Waals surface area contributed by atoms with Crippen LogP contribution in [0.4, 0.5) is 14.3 Å². The summed E-state index contributed by atoms with van der Waals surface area (Å²) in [5.74, 6) is 4.44. The number of aromatic nitrogens is 1. The summed E-state index contributed by atoms with van der Waals surface area (Å²) in [5, 5.41) is 7.48. The molecule has 2 rings (SSSR count). The van der Waals surface area contributed by atoms with Crippen LogP contribution < -0.4 is 21.9 Å². The molecule has 3 amide bonds. The molecule has 1 heterocycles. The third-order valence-electron chi connectivity index (χ3n) is 3.19. The van der Waals surface area contributed by atoms with Gasteiger partial charge in [-0.25, -0.2) is 20.0 Å². The average molecular weight is 388 g/mol. The van der Waals surface area contributed by atoms with Gasteiger partial charge < -0.3 is 10.6 Å². The number of carbonyl (C=O) groups excluding carboxylic acids is 2. The van der Waals surface area contributed by atoms with Gasteiger partial charge in [0, 0.05) is 18.8 Å². The van der Waals surface area contributed by atoms with E-state index in [2.05, 4.69) is 15.6 Å². The van der Waals surface area contributed by atoms with Crippen molar-refractivity contribution in [2.24, 2.45) is 5.84 Å². The molecular weight excluding hydrogens is 369 g/mol. The Labute approximate surface area is 154 Å². The van der Waals surface area contributed by atoms with Gasteiger partial charge in [-0.2, -0.15) is 0 Å². The average Bonchev–Trinajstić information content (AvgIpc) is 2.98. The molecule has 0 aliphatic heterocycles. The number of amides is 3. The van der Waals surface area contributed by atoms with Gasteiger partial charge in [-0.15, -0.1) is 23.7 Å². The number of benzene rings is 1. The first-order valence-corrected chi connectivity index (χ1v) is 8.09. The fraction of sp³-hybridized carbons (Fsp3) is 0.267. The van der Waals surface area contributed by atoms with Crippen molar-refractivity contribution in [1.82, 2.24) is 15.7 Å². The fourth-order valence-electron chi connectivity index (χ4n) is 2.03. The van der Waals surface area contributed by atoms with Gasteiger partial charge in [0.25, 0.3) is 0 Å². The summed E-state index contributed by atoms with van der Waals surface area (Å²) in [4.78, 5) is 26.2. The highest BCUT2D eigenvalue weighted by Crippen LogP contribution is 2.18. The summed E-state index contributed by atoms with van der Waals surface area (Å²) in [7, 11) is 0. The minimum absolute atomic E-state index is 0. The Hall–Kier alpha value is -2.23. The van der Waals surface area contributed by atoms with Crippen LogP contribution >= 0.6 is 23.7 Å². The molecule has 7 nitrogen and oxygen atoms in total. The summed E-state index contributed by atoms with van der Waals surface area (Å²) in [6.45, 7) is 1.61. The van der Waals surface area contributed by atoms with Gasteiger partial charge in [0.2, 0.25) is 5.91 Å². The Bertz CT molecular complexity index is 740. The Morgan fingerprint density at radius 1 is 1.32 bits per heavy atom. The smallest absolute Gasteiger partial charge is 0.329 e. The number of halogens is 2. The molecule has 0 radical (unpaired) electrons. The highest BCUT2D eigenvalue weighted by Gasteiger charge is 2.08. The van der Waals surface area contributed by atoms with Gasteiger partial charge in [-0.3, -0.25) is 10.2 Å². The minimum Gasteiger partial charge on any atom is -0.333 e. The van der Waals surface area contributed by atoms with Gasteiger partial charge >= 0.3 is 6.03 Å². The second kappa shape index (κ2) is 9.92. The lowest BCUT2D eigenvalue weighted by atomic mass is 10.1. The summed E-state index contributed by atoms with van der Waals surface area (Å²) >= 11 is 1.34. The van der Waals surface area contributed by atoms with Crippen molar-refractivity contribution < 1.29 is 14.0 Å². The van der Waals surface area contributed by atoms with Crippen LogP contribution in [0.2, 0.25) is 0 Å². The molecule has 2 aromatic rings. The highest BCUT2D eigenvalue weighted by molar-refractivity contribution is 7.13. The maximum atomic E-state index is 14.1. The van der Waals surface area contributed by atoms with Crippen molar-refractivity contribution in [3.63, 3.8) is 0 Å². The largest absolute Gasteiger partial charge is 0.333 e. The molecule has 0 unspecified atom stereocenters. The molecular formula is C15H19ClFN5O2S. The summed E-state index contributed by atoms with van der Waals surface area (Å²) in [6, 6.07) is 4.29. The molecule has 0 fully saturated rings. The van der Waals surface area contributed by atoms with Gasteiger partial charge in [-0.1, -0.05) is 12.1 Å². The third-order valence-corrected chi connectivity index (χ3v) is 3.99. The minimum atomic E-state index is -0.530. The van der Waals surface area contributed by atoms with Crippen molar-refractivity contribution in [2.45, 2.75) is 26.3 Å². The molecule has 1 aromatic heterocycles. The summed E-state index contributed by atoms with van der Waals surface area (Å²) in [5.41, 5.74) is 3.94. The van der Waals surface area contributed by atoms with Crippen LogP contribution in [0.1, 0.15) is 23.7 Å². The van der Waals surface area contributed by atoms with E-state index in [1.165, 1.54) is 24.3 Å². The van der Waals surface area contributed by atoms with E-state index in [1.807, 2.05) is 10.8 Å². The lowest BCUT2D eigenvalue weighted by molar-refractivity contribution is -0.114. The number of rotatable bonds is 6. The van der Waals surface area contributed by atoms with Gasteiger partial charge in [0.15, 0.2) is 5.13 Å². The molecule has 5 N–H and O–H groups in total. The Kier molecular flexibility index (Phi) is 8.26. The third kappa shape index (κ3) is 6.65. The molecule has 0 spiro atoms. The van der Waals surface area contributed by atoms with Crippen molar-refractivity contribution in [3.8, 4) is 0 Å². The first-order valence-electron chi connectivity index (χ1n) is 7.21. The van der Waals surface area contributed by atoms with Crippen LogP contribution in [-0.2, 0) is 24.2 Å². The SMILES string of the molecule is CC(=O)Nc1nc(CCc2ccc(CNC(=O)NN)cc2F)cs1.Cl. The molecule has 0 saturated carbocycles. The normalized spacial score (nSPS) is 9.88. The van der Waals surface area contributed by atoms with E-state index < -0.39 is 6.03 Å². The van der Waals surface area contributed by atoms with Crippen LogP contribution in [0.3, 0.4) is 0 Å². The number of thiazole rings is 1. The predicted molar refractivity (Wildman–Crippen MR) is 97.0 cm³/mol. The van der Waals surface area contributed by atoms with Gasteiger partial charge in [-0.05, 0) is 30.0 Å². The number of carbonyl (C=O) groups is 2. The van der Waals surface area contributed by atoms with Gasteiger partial charge in [0.1, 0.15) is 5.82 Å². The van der Waals surface area contributed by atoms with Crippen LogP contribution in [0.5, 0.6) is 0 Å². The Morgan fingerprint density at radius 2 is 2.08 bits per heavy atom. The number of hydrogen-bond donors (Lipinski definition) is 4. The molecule has 0 aliphatic rings. The number of nitrogens with one attached hydrogen (secondary N) is 3. The first kappa shape index (κ1) is 20.8. The highest BCUT2D eigenvalue weighted by atomic mass is 35.5. The van der Waals surface area contributed by atoms with Crippen LogP contribution in [0.15, 0.2) is 23.6 Å². The zero-order chi connectivity index (χ0) is 17.5. The predicted octanol–water partition coefficient (Wildman–Crippen LogP) is 2.12. The molecule has 0 atom stereocenters. The standard InChI is InChI=1S/C15H18FN5O2S.ClH/c1-9(22)19-15-20-12(8-24-15)5-4-11-3-2-10(6-13(11)16)7-18-14(23)21-17;/h2-3,6,8H,4-5,7,17H2,1H3,(H2,18,21,23)(H,19,20,22);1H. The number of nitrogens with two attached hydrogens (primary N) is 1. The molecule has 1 aromatic carbocycles. The fourth-order valence-corrected chi connectivity index (χ4v) is 2.82. The zero-order valence-corrected chi connectivity index (χ0v) is 15.1. The quantitative estimate of drug-likeness (QED) is 0.346. The molecule has 25 heavy (non-hydrogen) atoms. The van der Waals surface area contributed by atoms with E-state index in [9.17, 15) is 14.0 Å². The summed E-state index contributed by atoms with van der Waals surface area (Å²) in [6.07, 6.45) is 1.06. The van der Waals surface area contributed by atoms with E-state index in [0.717, 1.165) is 5.69 Å². The van der Waals surface area contributed by atoms with Crippen molar-refractivity contribution in [2.75, 3.05) is 5.32 Å². The van der Waals surface area contributed by atoms with Gasteiger partial charge in [0.05, 0.1) is 5.69 Å². The van der Waals surface area contributed by atoms with E-state index in [1.54, 1.807) is 12.1 Å². The van der Waals surface area contributed by atoms with Crippen LogP contribution in [-0.4, -0.2) is 16.9 Å². The number of hydrogen-bond acceptors (Lipinski definition) is 5. The van der Waals surface area contributed by atoms with Crippen LogP contribution in [0, 0.1) is 5.82 Å². The number of nitrogens with zero attached hydrogens (tertiary/aromatic N) is 1. The van der Waals surface area contributed by atoms with E-state index in [-0.39, 0.29) is 30.7 Å². The molecule has 0 saturated heterocycles. The number of anilines is 1. The molecule has 136 valence electrons. The van der Waals surface area contributed by atoms with Crippen molar-refractivity contribution in [3.05, 3.63) is 46.2 Å². The van der Waals surface area contributed by atoms with Crippen molar-refractivity contribution in [1.29, 1.82) is 0 Å². The van der Waals surface area contributed by atoms with E-state index >= 15 is 0 Å². The van der Waals surface area contributed by atoms with E-state index in [0.29, 0.717) is 29.1 Å². The second-order valence-electron chi connectivity index (χ2n) is 5.08. The number of hydrazine groups is 1. The van der Waals surface area contributed by atoms with E-state index in [4.69, 9.17) is 5.84 Å². The zero-order valence-electron chi connectivity index (χ0n) is 13.5. The monoisotopic (exact) mass is 387 g/mol. The molecule has 10 heteroatoms. The van der Waals surface area contributed by atoms with Crippen molar-refractivity contribution >= 4 is 40.8 Å². The Morgan fingerprint density at radius 3 is 2.72 bits per heavy atom. The number of aryl methyl sites for hydroxylation is 2.